The van der Waals surface area contributed by atoms with Crippen molar-refractivity contribution >= 4 is 17.3 Å². The van der Waals surface area contributed by atoms with E-state index in [0.717, 1.165) is 16.7 Å². The van der Waals surface area contributed by atoms with Gasteiger partial charge in [-0.1, -0.05) is 89.5 Å². The third kappa shape index (κ3) is 5.64. The van der Waals surface area contributed by atoms with Crippen LogP contribution in [0.5, 0.6) is 0 Å². The number of hydrogen-bond acceptors (Lipinski definition) is 5. The van der Waals surface area contributed by atoms with Crippen molar-refractivity contribution in [1.29, 1.82) is 0 Å². The molecule has 3 aromatic rings. The third-order valence-corrected chi connectivity index (χ3v) is 6.69. The molecule has 0 saturated carbocycles. The third-order valence-electron chi connectivity index (χ3n) is 6.69. The van der Waals surface area contributed by atoms with Crippen LogP contribution in [0.2, 0.25) is 0 Å². The molecule has 0 unspecified atom stereocenters. The second-order valence-corrected chi connectivity index (χ2v) is 9.47. The lowest BCUT2D eigenvalue weighted by Crippen LogP contribution is -2.48. The van der Waals surface area contributed by atoms with Gasteiger partial charge in [-0.15, -0.1) is 0 Å². The van der Waals surface area contributed by atoms with Gasteiger partial charge < -0.3 is 9.84 Å². The molecule has 4 rings (SSSR count). The first-order chi connectivity index (χ1) is 16.7. The standard InChI is InChI=1S/C30H30O5/c1-18-4-10-21(11-5-18)26(31)17-24-16-25(28(32)22-12-6-19(2)7-13-22)27(30(34)35-24)29(33)23-14-8-20(3)9-15-23/h4-15,24-25,27,30,34H,16-17H2,1-3H3/t24-,25+,27-,30+/m0/s1. The average molecular weight is 471 g/mol. The van der Waals surface area contributed by atoms with Crippen molar-refractivity contribution in [2.75, 3.05) is 0 Å². The molecule has 0 radical (unpaired) electrons. The summed E-state index contributed by atoms with van der Waals surface area (Å²) in [6.07, 6.45) is -1.99. The molecule has 5 heteroatoms. The molecule has 1 fully saturated rings. The Hall–Kier alpha value is -3.41. The van der Waals surface area contributed by atoms with E-state index in [1.807, 2.05) is 57.2 Å². The highest BCUT2D eigenvalue weighted by Gasteiger charge is 2.46. The molecule has 4 atom stereocenters. The van der Waals surface area contributed by atoms with Crippen molar-refractivity contribution < 1.29 is 24.2 Å². The van der Waals surface area contributed by atoms with Crippen LogP contribution >= 0.6 is 0 Å². The Bertz CT molecular complexity index is 1210. The fourth-order valence-corrected chi connectivity index (χ4v) is 4.59. The van der Waals surface area contributed by atoms with Gasteiger partial charge in [0.1, 0.15) is 0 Å². The SMILES string of the molecule is Cc1ccc(C(=O)C[C@@H]2C[C@@H](C(=O)c3ccc(C)cc3)[C@@H](C(=O)c3ccc(C)cc3)[C@H](O)O2)cc1. The van der Waals surface area contributed by atoms with Crippen molar-refractivity contribution in [3.8, 4) is 0 Å². The number of hydrogen-bond donors (Lipinski definition) is 1. The van der Waals surface area contributed by atoms with Crippen molar-refractivity contribution in [3.05, 3.63) is 106 Å². The van der Waals surface area contributed by atoms with E-state index in [2.05, 4.69) is 0 Å². The molecule has 0 amide bonds. The molecule has 1 heterocycles. The lowest BCUT2D eigenvalue weighted by Gasteiger charge is -2.38. The van der Waals surface area contributed by atoms with Gasteiger partial charge in [0.15, 0.2) is 23.6 Å². The summed E-state index contributed by atoms with van der Waals surface area (Å²) < 4.78 is 5.78. The van der Waals surface area contributed by atoms with Gasteiger partial charge in [-0.3, -0.25) is 14.4 Å². The summed E-state index contributed by atoms with van der Waals surface area (Å²) in [6.45, 7) is 5.80. The van der Waals surface area contributed by atoms with Crippen LogP contribution in [-0.4, -0.2) is 34.9 Å². The number of rotatable bonds is 7. The van der Waals surface area contributed by atoms with Crippen molar-refractivity contribution in [1.82, 2.24) is 0 Å². The Labute approximate surface area is 205 Å². The van der Waals surface area contributed by atoms with E-state index in [9.17, 15) is 19.5 Å². The first kappa shape index (κ1) is 24.7. The van der Waals surface area contributed by atoms with E-state index < -0.39 is 24.2 Å². The van der Waals surface area contributed by atoms with Crippen LogP contribution in [0.25, 0.3) is 0 Å². The maximum absolute atomic E-state index is 13.6. The minimum Gasteiger partial charge on any atom is -0.367 e. The average Bonchev–Trinajstić information content (AvgIpc) is 2.84. The van der Waals surface area contributed by atoms with Gasteiger partial charge in [0.2, 0.25) is 0 Å². The van der Waals surface area contributed by atoms with E-state index in [-0.39, 0.29) is 30.2 Å². The van der Waals surface area contributed by atoms with Gasteiger partial charge in [0.05, 0.1) is 12.0 Å². The Morgan fingerprint density at radius 3 is 1.63 bits per heavy atom. The summed E-state index contributed by atoms with van der Waals surface area (Å²) in [5.74, 6) is -2.58. The van der Waals surface area contributed by atoms with Gasteiger partial charge >= 0.3 is 0 Å². The zero-order valence-electron chi connectivity index (χ0n) is 20.2. The van der Waals surface area contributed by atoms with E-state index in [4.69, 9.17) is 4.74 Å². The van der Waals surface area contributed by atoms with E-state index in [0.29, 0.717) is 16.7 Å². The van der Waals surface area contributed by atoms with Gasteiger partial charge in [0.25, 0.3) is 0 Å². The number of carbonyl (C=O) groups excluding carboxylic acids is 3. The molecular formula is C30H30O5. The molecule has 1 aliphatic heterocycles. The summed E-state index contributed by atoms with van der Waals surface area (Å²) >= 11 is 0. The maximum Gasteiger partial charge on any atom is 0.171 e. The summed E-state index contributed by atoms with van der Waals surface area (Å²) in [6, 6.07) is 21.5. The summed E-state index contributed by atoms with van der Waals surface area (Å²) in [5, 5.41) is 10.9. The molecule has 35 heavy (non-hydrogen) atoms. The number of aliphatic hydroxyl groups is 1. The predicted octanol–water partition coefficient (Wildman–Crippen LogP) is 5.29. The highest BCUT2D eigenvalue weighted by Crippen LogP contribution is 2.36. The first-order valence-electron chi connectivity index (χ1n) is 11.9. The fourth-order valence-electron chi connectivity index (χ4n) is 4.59. The monoisotopic (exact) mass is 470 g/mol. The van der Waals surface area contributed by atoms with Crippen LogP contribution in [0.1, 0.15) is 60.6 Å². The topological polar surface area (TPSA) is 80.7 Å². The van der Waals surface area contributed by atoms with E-state index in [1.54, 1.807) is 36.4 Å². The van der Waals surface area contributed by atoms with Crippen molar-refractivity contribution in [2.24, 2.45) is 11.8 Å². The number of benzene rings is 3. The first-order valence-corrected chi connectivity index (χ1v) is 11.9. The lowest BCUT2D eigenvalue weighted by atomic mass is 9.75. The maximum atomic E-state index is 13.6. The summed E-state index contributed by atoms with van der Waals surface area (Å²) in [7, 11) is 0. The summed E-state index contributed by atoms with van der Waals surface area (Å²) in [5.41, 5.74) is 4.51. The van der Waals surface area contributed by atoms with Crippen molar-refractivity contribution in [3.63, 3.8) is 0 Å². The minimum atomic E-state index is -1.49. The smallest absolute Gasteiger partial charge is 0.171 e. The predicted molar refractivity (Wildman–Crippen MR) is 134 cm³/mol. The zero-order chi connectivity index (χ0) is 25.1. The minimum absolute atomic E-state index is 0.0171. The number of aryl methyl sites for hydroxylation is 3. The van der Waals surface area contributed by atoms with Crippen LogP contribution in [0.15, 0.2) is 72.8 Å². The van der Waals surface area contributed by atoms with Crippen LogP contribution in [0.4, 0.5) is 0 Å². The van der Waals surface area contributed by atoms with Gasteiger partial charge in [-0.25, -0.2) is 0 Å². The number of aliphatic hydroxyl groups excluding tert-OH is 1. The molecule has 0 aromatic heterocycles. The Kier molecular flexibility index (Phi) is 7.39. The highest BCUT2D eigenvalue weighted by molar-refractivity contribution is 6.05. The van der Waals surface area contributed by atoms with Crippen LogP contribution < -0.4 is 0 Å². The van der Waals surface area contributed by atoms with Gasteiger partial charge in [-0.05, 0) is 27.2 Å². The molecule has 180 valence electrons. The lowest BCUT2D eigenvalue weighted by molar-refractivity contribution is -0.191. The van der Waals surface area contributed by atoms with Crippen LogP contribution in [0.3, 0.4) is 0 Å². The normalized spacial score (nSPS) is 21.9. The molecule has 1 aliphatic rings. The molecule has 1 N–H and O–H groups in total. The quantitative estimate of drug-likeness (QED) is 0.475. The number of carbonyl (C=O) groups is 3. The summed E-state index contributed by atoms with van der Waals surface area (Å²) in [4.78, 5) is 39.9. The number of Topliss-reactive ketones (excluding diaryl/α,β-unsaturated/α-hetero) is 3. The number of ketones is 3. The molecule has 1 saturated heterocycles. The van der Waals surface area contributed by atoms with E-state index in [1.165, 1.54) is 0 Å². The highest BCUT2D eigenvalue weighted by atomic mass is 16.6. The molecule has 0 aliphatic carbocycles. The second kappa shape index (κ2) is 10.5. The van der Waals surface area contributed by atoms with Crippen LogP contribution in [-0.2, 0) is 4.74 Å². The second-order valence-electron chi connectivity index (χ2n) is 9.47. The fraction of sp³-hybridized carbons (Fsp3) is 0.300. The Morgan fingerprint density at radius 1 is 0.714 bits per heavy atom. The van der Waals surface area contributed by atoms with Gasteiger partial charge in [-0.2, -0.15) is 0 Å². The van der Waals surface area contributed by atoms with Crippen molar-refractivity contribution in [2.45, 2.75) is 46.0 Å². The molecule has 0 bridgehead atoms. The molecular weight excluding hydrogens is 440 g/mol. The molecule has 3 aromatic carbocycles. The van der Waals surface area contributed by atoms with Gasteiger partial charge in [0, 0.05) is 29.0 Å². The number of ether oxygens (including phenoxy) is 1. The molecule has 0 spiro atoms. The Morgan fingerprint density at radius 2 is 1.14 bits per heavy atom. The molecule has 5 nitrogen and oxygen atoms in total. The largest absolute Gasteiger partial charge is 0.367 e. The zero-order valence-corrected chi connectivity index (χ0v) is 20.2. The van der Waals surface area contributed by atoms with E-state index >= 15 is 0 Å². The van der Waals surface area contributed by atoms with Crippen LogP contribution in [0, 0.1) is 32.6 Å². The Balaban J connectivity index is 1.62.